The predicted octanol–water partition coefficient (Wildman–Crippen LogP) is 3.49. The van der Waals surface area contributed by atoms with Crippen LogP contribution in [0.2, 0.25) is 5.02 Å². The first kappa shape index (κ1) is 22.5. The summed E-state index contributed by atoms with van der Waals surface area (Å²) in [5.41, 5.74) is 0.593. The molecule has 11 heteroatoms. The largest absolute Gasteiger partial charge is 0.454 e. The fourth-order valence-electron chi connectivity index (χ4n) is 4.20. The number of fused-ring (bicyclic) bond motifs is 2. The lowest BCUT2D eigenvalue weighted by Gasteiger charge is -2.21. The van der Waals surface area contributed by atoms with E-state index in [0.717, 1.165) is 36.1 Å². The van der Waals surface area contributed by atoms with E-state index in [9.17, 15) is 13.6 Å². The molecular formula is C23H22ClF2N5O3. The first-order valence-electron chi connectivity index (χ1n) is 10.9. The summed E-state index contributed by atoms with van der Waals surface area (Å²) in [7, 11) is 0. The summed E-state index contributed by atoms with van der Waals surface area (Å²) in [5.74, 6) is 0.509. The lowest BCUT2D eigenvalue weighted by atomic mass is 10.1. The van der Waals surface area contributed by atoms with Crippen molar-refractivity contribution in [3.63, 3.8) is 0 Å². The van der Waals surface area contributed by atoms with E-state index >= 15 is 0 Å². The summed E-state index contributed by atoms with van der Waals surface area (Å²) in [5, 5.41) is 11.9. The number of halogens is 3. The molecule has 0 aliphatic carbocycles. The van der Waals surface area contributed by atoms with E-state index in [1.54, 1.807) is 13.0 Å². The van der Waals surface area contributed by atoms with Crippen molar-refractivity contribution in [3.8, 4) is 11.5 Å². The van der Waals surface area contributed by atoms with Crippen LogP contribution in [0.4, 0.5) is 8.78 Å². The normalized spacial score (nSPS) is 16.1. The van der Waals surface area contributed by atoms with Crippen molar-refractivity contribution < 1.29 is 23.0 Å². The zero-order chi connectivity index (χ0) is 23.8. The summed E-state index contributed by atoms with van der Waals surface area (Å²) < 4.78 is 40.2. The lowest BCUT2D eigenvalue weighted by Crippen LogP contribution is -2.30. The van der Waals surface area contributed by atoms with Gasteiger partial charge in [-0.2, -0.15) is 0 Å². The number of nitrogens with zero attached hydrogens (tertiary/aromatic N) is 4. The van der Waals surface area contributed by atoms with E-state index in [2.05, 4.69) is 20.4 Å². The molecule has 2 aliphatic heterocycles. The van der Waals surface area contributed by atoms with E-state index in [0.29, 0.717) is 48.4 Å². The Morgan fingerprint density at radius 3 is 2.76 bits per heavy atom. The molecule has 2 aromatic carbocycles. The highest BCUT2D eigenvalue weighted by atomic mass is 35.5. The highest BCUT2D eigenvalue weighted by Crippen LogP contribution is 2.37. The lowest BCUT2D eigenvalue weighted by molar-refractivity contribution is 0.0932. The van der Waals surface area contributed by atoms with Crippen LogP contribution in [0.3, 0.4) is 0 Å². The number of amides is 1. The molecule has 5 rings (SSSR count). The summed E-state index contributed by atoms with van der Waals surface area (Å²) in [6.07, 6.45) is 0.661. The van der Waals surface area contributed by atoms with Crippen LogP contribution in [0.1, 0.15) is 40.5 Å². The Morgan fingerprint density at radius 1 is 1.15 bits per heavy atom. The number of ether oxygens (including phenoxy) is 2. The maximum Gasteiger partial charge on any atom is 0.254 e. The summed E-state index contributed by atoms with van der Waals surface area (Å²) in [6.45, 7) is 4.63. The predicted molar refractivity (Wildman–Crippen MR) is 119 cm³/mol. The summed E-state index contributed by atoms with van der Waals surface area (Å²) >= 11 is 6.44. The van der Waals surface area contributed by atoms with Crippen LogP contribution >= 0.6 is 11.6 Å². The van der Waals surface area contributed by atoms with Crippen LogP contribution < -0.4 is 14.8 Å². The second-order valence-corrected chi connectivity index (χ2v) is 8.68. The van der Waals surface area contributed by atoms with E-state index in [1.807, 2.05) is 10.6 Å². The van der Waals surface area contributed by atoms with Gasteiger partial charge in [0.15, 0.2) is 17.3 Å². The Morgan fingerprint density at radius 2 is 1.94 bits per heavy atom. The first-order chi connectivity index (χ1) is 16.4. The van der Waals surface area contributed by atoms with Crippen LogP contribution in [0, 0.1) is 11.6 Å². The second-order valence-electron chi connectivity index (χ2n) is 8.27. The Bertz CT molecular complexity index is 1250. The van der Waals surface area contributed by atoms with Crippen LogP contribution in [-0.2, 0) is 19.5 Å². The standard InChI is InChI=1S/C23H22ClF2N5O3/c1-13(27-23(32)16-9-15(25)2-3-18(16)26)22-29-28-21-4-5-30(6-7-31(21)22)11-14-8-19-20(10-17(14)24)34-12-33-19/h2-3,8-10,13H,4-7,11-12H2,1H3,(H,27,32). The molecule has 34 heavy (non-hydrogen) atoms. The van der Waals surface area contributed by atoms with Crippen molar-refractivity contribution in [2.75, 3.05) is 19.9 Å². The maximum atomic E-state index is 14.0. The van der Waals surface area contributed by atoms with Crippen molar-refractivity contribution >= 4 is 17.5 Å². The molecule has 1 N–H and O–H groups in total. The molecule has 0 fully saturated rings. The number of rotatable bonds is 5. The van der Waals surface area contributed by atoms with Gasteiger partial charge in [-0.05, 0) is 36.8 Å². The van der Waals surface area contributed by atoms with Gasteiger partial charge in [-0.15, -0.1) is 10.2 Å². The number of hydrogen-bond donors (Lipinski definition) is 1. The average molecular weight is 490 g/mol. The van der Waals surface area contributed by atoms with Gasteiger partial charge in [0.05, 0.1) is 11.6 Å². The Kier molecular flexibility index (Phi) is 6.09. The van der Waals surface area contributed by atoms with Crippen molar-refractivity contribution in [1.29, 1.82) is 0 Å². The monoisotopic (exact) mass is 489 g/mol. The molecule has 1 amide bonds. The SMILES string of the molecule is CC(NC(=O)c1cc(F)ccc1F)c1nnc2n1CCN(Cc1cc3c(cc1Cl)OCO3)CC2. The Labute approximate surface area is 199 Å². The fourth-order valence-corrected chi connectivity index (χ4v) is 4.41. The molecule has 178 valence electrons. The smallest absolute Gasteiger partial charge is 0.254 e. The number of nitrogens with one attached hydrogen (secondary N) is 1. The van der Waals surface area contributed by atoms with Crippen LogP contribution in [0.15, 0.2) is 30.3 Å². The highest BCUT2D eigenvalue weighted by Gasteiger charge is 2.25. The molecule has 3 heterocycles. The number of aromatic nitrogens is 3. The maximum absolute atomic E-state index is 14.0. The number of carbonyl (C=O) groups is 1. The fraction of sp³-hybridized carbons (Fsp3) is 0.348. The number of hydrogen-bond acceptors (Lipinski definition) is 6. The minimum atomic E-state index is -0.788. The van der Waals surface area contributed by atoms with Crippen molar-refractivity contribution in [3.05, 3.63) is 69.8 Å². The highest BCUT2D eigenvalue weighted by molar-refractivity contribution is 6.31. The van der Waals surface area contributed by atoms with Gasteiger partial charge in [0.25, 0.3) is 5.91 Å². The molecule has 1 aromatic heterocycles. The molecule has 0 saturated carbocycles. The third kappa shape index (κ3) is 4.43. The van der Waals surface area contributed by atoms with Crippen molar-refractivity contribution in [1.82, 2.24) is 25.0 Å². The first-order valence-corrected chi connectivity index (χ1v) is 11.2. The van der Waals surface area contributed by atoms with Gasteiger partial charge in [0.2, 0.25) is 6.79 Å². The Balaban J connectivity index is 1.27. The van der Waals surface area contributed by atoms with E-state index in [1.165, 1.54) is 0 Å². The average Bonchev–Trinajstić information content (AvgIpc) is 3.38. The van der Waals surface area contributed by atoms with E-state index in [-0.39, 0.29) is 12.4 Å². The van der Waals surface area contributed by atoms with Gasteiger partial charge in [0.1, 0.15) is 17.5 Å². The third-order valence-electron chi connectivity index (χ3n) is 5.99. The quantitative estimate of drug-likeness (QED) is 0.591. The number of carbonyl (C=O) groups excluding carboxylic acids is 1. The molecule has 8 nitrogen and oxygen atoms in total. The van der Waals surface area contributed by atoms with Crippen molar-refractivity contribution in [2.24, 2.45) is 0 Å². The zero-order valence-electron chi connectivity index (χ0n) is 18.4. The van der Waals surface area contributed by atoms with Gasteiger partial charge in [-0.1, -0.05) is 11.6 Å². The van der Waals surface area contributed by atoms with E-state index < -0.39 is 23.6 Å². The van der Waals surface area contributed by atoms with Gasteiger partial charge >= 0.3 is 0 Å². The van der Waals surface area contributed by atoms with E-state index in [4.69, 9.17) is 21.1 Å². The van der Waals surface area contributed by atoms with Gasteiger partial charge < -0.3 is 19.4 Å². The molecule has 0 radical (unpaired) electrons. The topological polar surface area (TPSA) is 81.5 Å². The van der Waals surface area contributed by atoms with Gasteiger partial charge in [-0.3, -0.25) is 9.69 Å². The summed E-state index contributed by atoms with van der Waals surface area (Å²) in [6, 6.07) is 5.91. The second kappa shape index (κ2) is 9.19. The molecule has 3 aromatic rings. The third-order valence-corrected chi connectivity index (χ3v) is 6.34. The number of benzene rings is 2. The summed E-state index contributed by atoms with van der Waals surface area (Å²) in [4.78, 5) is 14.8. The molecular weight excluding hydrogens is 468 g/mol. The molecule has 0 saturated heterocycles. The molecule has 2 aliphatic rings. The molecule has 0 spiro atoms. The molecule has 1 unspecified atom stereocenters. The zero-order valence-corrected chi connectivity index (χ0v) is 19.1. The van der Waals surface area contributed by atoms with Crippen LogP contribution in [0.25, 0.3) is 0 Å². The molecule has 0 bridgehead atoms. The van der Waals surface area contributed by atoms with Crippen molar-refractivity contribution in [2.45, 2.75) is 32.5 Å². The van der Waals surface area contributed by atoms with Gasteiger partial charge in [-0.25, -0.2) is 8.78 Å². The van der Waals surface area contributed by atoms with Crippen LogP contribution in [0.5, 0.6) is 11.5 Å². The minimum absolute atomic E-state index is 0.191. The Hall–Kier alpha value is -3.24. The van der Waals surface area contributed by atoms with Crippen LogP contribution in [-0.4, -0.2) is 45.5 Å². The molecule has 1 atom stereocenters. The minimum Gasteiger partial charge on any atom is -0.454 e. The van der Waals surface area contributed by atoms with Gasteiger partial charge in [0, 0.05) is 43.7 Å².